The summed E-state index contributed by atoms with van der Waals surface area (Å²) in [6.45, 7) is 1.70. The molecular weight excluding hydrogens is 471 g/mol. The van der Waals surface area contributed by atoms with Gasteiger partial charge >= 0.3 is 5.97 Å². The van der Waals surface area contributed by atoms with Crippen molar-refractivity contribution in [3.8, 4) is 11.1 Å². The molecular formula is C27H22ClFN2O4. The lowest BCUT2D eigenvalue weighted by Gasteiger charge is -2.20. The van der Waals surface area contributed by atoms with Crippen molar-refractivity contribution in [2.75, 3.05) is 5.32 Å². The second-order valence-electron chi connectivity index (χ2n) is 7.94. The van der Waals surface area contributed by atoms with Crippen molar-refractivity contribution in [1.29, 1.82) is 0 Å². The molecule has 1 aromatic heterocycles. The van der Waals surface area contributed by atoms with Crippen LogP contribution in [0.2, 0.25) is 5.02 Å². The first-order chi connectivity index (χ1) is 16.8. The smallest absolute Gasteiger partial charge is 0.356 e. The highest BCUT2D eigenvalue weighted by molar-refractivity contribution is 6.30. The summed E-state index contributed by atoms with van der Waals surface area (Å²) in [6, 6.07) is 19.1. The number of aromatic nitrogens is 1. The number of anilines is 1. The average Bonchev–Trinajstić information content (AvgIpc) is 2.86. The summed E-state index contributed by atoms with van der Waals surface area (Å²) in [5, 5.41) is 4.16. The second kappa shape index (κ2) is 10.1. The van der Waals surface area contributed by atoms with Crippen LogP contribution >= 0.6 is 11.6 Å². The van der Waals surface area contributed by atoms with Crippen molar-refractivity contribution in [2.45, 2.75) is 19.4 Å². The third-order valence-corrected chi connectivity index (χ3v) is 5.91. The summed E-state index contributed by atoms with van der Waals surface area (Å²) >= 11 is 6.06. The van der Waals surface area contributed by atoms with E-state index in [0.717, 1.165) is 0 Å². The fourth-order valence-electron chi connectivity index (χ4n) is 3.88. The van der Waals surface area contributed by atoms with Gasteiger partial charge in [0.25, 0.3) is 11.5 Å². The van der Waals surface area contributed by atoms with Crippen molar-refractivity contribution >= 4 is 39.9 Å². The zero-order valence-electron chi connectivity index (χ0n) is 19.0. The Kier molecular flexibility index (Phi) is 6.98. The van der Waals surface area contributed by atoms with E-state index in [4.69, 9.17) is 16.3 Å². The van der Waals surface area contributed by atoms with E-state index in [1.807, 2.05) is 0 Å². The van der Waals surface area contributed by atoms with Crippen LogP contribution in [0, 0.1) is 5.82 Å². The highest BCUT2D eigenvalue weighted by Gasteiger charge is 2.27. The van der Waals surface area contributed by atoms with Gasteiger partial charge < -0.3 is 14.6 Å². The van der Waals surface area contributed by atoms with E-state index in [1.165, 1.54) is 35.9 Å². The Balaban J connectivity index is 1.75. The van der Waals surface area contributed by atoms with Gasteiger partial charge in [0.05, 0.1) is 0 Å². The number of hydrogen-bond acceptors (Lipinski definition) is 4. The van der Waals surface area contributed by atoms with Crippen LogP contribution in [0.1, 0.15) is 23.8 Å². The minimum atomic E-state index is -1.13. The van der Waals surface area contributed by atoms with Crippen LogP contribution in [-0.2, 0) is 16.6 Å². The predicted molar refractivity (Wildman–Crippen MR) is 134 cm³/mol. The van der Waals surface area contributed by atoms with Crippen LogP contribution in [0.4, 0.5) is 10.1 Å². The molecule has 0 bridgehead atoms. The Morgan fingerprint density at radius 1 is 1.00 bits per heavy atom. The van der Waals surface area contributed by atoms with Crippen molar-refractivity contribution in [1.82, 2.24) is 4.57 Å². The molecule has 35 heavy (non-hydrogen) atoms. The topological polar surface area (TPSA) is 77.4 Å². The lowest BCUT2D eigenvalue weighted by molar-refractivity contribution is -0.124. The summed E-state index contributed by atoms with van der Waals surface area (Å²) in [6.07, 6.45) is -0.941. The second-order valence-corrected chi connectivity index (χ2v) is 8.38. The number of benzene rings is 3. The first-order valence-corrected chi connectivity index (χ1v) is 11.3. The summed E-state index contributed by atoms with van der Waals surface area (Å²) in [4.78, 5) is 39.3. The standard InChI is InChI=1S/C27H22ClFN2O4/c1-3-22(25(32)30-19-14-12-18(29)13-15-19)35-27(34)24-23(16-8-10-17(28)11-9-16)20-6-4-5-7-21(20)26(33)31(24)2/h4-15,22H,3H2,1-2H3,(H,30,32). The first kappa shape index (κ1) is 24.2. The number of amides is 1. The third-order valence-electron chi connectivity index (χ3n) is 5.65. The molecule has 4 rings (SSSR count). The fourth-order valence-corrected chi connectivity index (χ4v) is 4.00. The number of carbonyl (C=O) groups is 2. The number of halogens is 2. The zero-order valence-corrected chi connectivity index (χ0v) is 19.8. The lowest BCUT2D eigenvalue weighted by Crippen LogP contribution is -2.34. The van der Waals surface area contributed by atoms with Crippen molar-refractivity contribution < 1.29 is 18.7 Å². The van der Waals surface area contributed by atoms with Gasteiger partial charge in [0.2, 0.25) is 0 Å². The van der Waals surface area contributed by atoms with Crippen molar-refractivity contribution in [3.63, 3.8) is 0 Å². The maximum atomic E-state index is 13.5. The number of carbonyl (C=O) groups excluding carboxylic acids is 2. The molecule has 0 fully saturated rings. The van der Waals surface area contributed by atoms with Gasteiger partial charge in [0, 0.05) is 28.7 Å². The van der Waals surface area contributed by atoms with Gasteiger partial charge in [-0.1, -0.05) is 48.9 Å². The molecule has 0 radical (unpaired) electrons. The summed E-state index contributed by atoms with van der Waals surface area (Å²) < 4.78 is 20.0. The van der Waals surface area contributed by atoms with E-state index in [1.54, 1.807) is 55.5 Å². The van der Waals surface area contributed by atoms with E-state index in [2.05, 4.69) is 5.32 Å². The van der Waals surface area contributed by atoms with Gasteiger partial charge in [0.15, 0.2) is 6.10 Å². The first-order valence-electron chi connectivity index (χ1n) is 10.9. The minimum absolute atomic E-state index is 0.0176. The molecule has 0 aliphatic heterocycles. The molecule has 1 N–H and O–H groups in total. The molecule has 178 valence electrons. The predicted octanol–water partition coefficient (Wildman–Crippen LogP) is 5.57. The zero-order chi connectivity index (χ0) is 25.1. The molecule has 1 amide bonds. The number of nitrogens with zero attached hydrogens (tertiary/aromatic N) is 1. The Hall–Kier alpha value is -3.97. The number of hydrogen-bond donors (Lipinski definition) is 1. The molecule has 1 atom stereocenters. The summed E-state index contributed by atoms with van der Waals surface area (Å²) in [5.41, 5.74) is 1.18. The fraction of sp³-hybridized carbons (Fsp3) is 0.148. The highest BCUT2D eigenvalue weighted by atomic mass is 35.5. The molecule has 1 unspecified atom stereocenters. The van der Waals surface area contributed by atoms with Crippen molar-refractivity contribution in [2.24, 2.45) is 7.05 Å². The summed E-state index contributed by atoms with van der Waals surface area (Å²) in [5.74, 6) is -1.82. The van der Waals surface area contributed by atoms with Gasteiger partial charge in [0.1, 0.15) is 11.5 Å². The van der Waals surface area contributed by atoms with Crippen LogP contribution in [-0.4, -0.2) is 22.5 Å². The van der Waals surface area contributed by atoms with Gasteiger partial charge in [-0.15, -0.1) is 0 Å². The van der Waals surface area contributed by atoms with Gasteiger partial charge in [-0.2, -0.15) is 0 Å². The maximum Gasteiger partial charge on any atom is 0.356 e. The van der Waals surface area contributed by atoms with E-state index >= 15 is 0 Å². The number of fused-ring (bicyclic) bond motifs is 1. The molecule has 0 saturated carbocycles. The van der Waals surface area contributed by atoms with Crippen LogP contribution in [0.3, 0.4) is 0 Å². The lowest BCUT2D eigenvalue weighted by atomic mass is 9.96. The number of nitrogens with one attached hydrogen (secondary N) is 1. The number of ether oxygens (including phenoxy) is 1. The molecule has 0 saturated heterocycles. The molecule has 0 spiro atoms. The summed E-state index contributed by atoms with van der Waals surface area (Å²) in [7, 11) is 1.49. The molecule has 0 aliphatic rings. The SMILES string of the molecule is CCC(OC(=O)c1c(-c2ccc(Cl)cc2)c2ccccc2c(=O)n1C)C(=O)Nc1ccc(F)cc1. The van der Waals surface area contributed by atoms with Crippen molar-refractivity contribution in [3.05, 3.63) is 99.7 Å². The average molecular weight is 493 g/mol. The van der Waals surface area contributed by atoms with Gasteiger partial charge in [-0.3, -0.25) is 9.59 Å². The number of esters is 1. The highest BCUT2D eigenvalue weighted by Crippen LogP contribution is 2.32. The largest absolute Gasteiger partial charge is 0.448 e. The van der Waals surface area contributed by atoms with E-state index in [9.17, 15) is 18.8 Å². The Labute approximate surface area is 205 Å². The molecule has 6 nitrogen and oxygen atoms in total. The Morgan fingerprint density at radius 3 is 2.26 bits per heavy atom. The third kappa shape index (κ3) is 4.95. The number of rotatable bonds is 6. The minimum Gasteiger partial charge on any atom is -0.448 e. The molecule has 8 heteroatoms. The Bertz CT molecular complexity index is 1460. The monoisotopic (exact) mass is 492 g/mol. The molecule has 4 aromatic rings. The quantitative estimate of drug-likeness (QED) is 0.357. The van der Waals surface area contributed by atoms with E-state index in [0.29, 0.717) is 32.6 Å². The normalized spacial score (nSPS) is 11.8. The molecule has 0 aliphatic carbocycles. The van der Waals surface area contributed by atoms with Crippen LogP contribution in [0.5, 0.6) is 0 Å². The van der Waals surface area contributed by atoms with E-state index < -0.39 is 23.8 Å². The Morgan fingerprint density at radius 2 is 1.63 bits per heavy atom. The van der Waals surface area contributed by atoms with Crippen LogP contribution in [0.25, 0.3) is 21.9 Å². The van der Waals surface area contributed by atoms with Gasteiger partial charge in [-0.25, -0.2) is 9.18 Å². The maximum absolute atomic E-state index is 13.5. The van der Waals surface area contributed by atoms with Gasteiger partial charge in [-0.05, 0) is 59.8 Å². The molecule has 3 aromatic carbocycles. The van der Waals surface area contributed by atoms with E-state index in [-0.39, 0.29) is 17.7 Å². The number of pyridine rings is 1. The van der Waals surface area contributed by atoms with Crippen LogP contribution in [0.15, 0.2) is 77.6 Å². The molecule has 1 heterocycles. The van der Waals surface area contributed by atoms with Crippen LogP contribution < -0.4 is 10.9 Å².